The van der Waals surface area contributed by atoms with Crippen molar-refractivity contribution in [1.29, 1.82) is 0 Å². The average Bonchev–Trinajstić information content (AvgIpc) is 2.05. The van der Waals surface area contributed by atoms with Gasteiger partial charge in [-0.1, -0.05) is 0 Å². The number of aryl methyl sites for hydroxylation is 1. The molecule has 0 amide bonds. The minimum atomic E-state index is -4.47. The van der Waals surface area contributed by atoms with Crippen LogP contribution in [0, 0.1) is 6.92 Å². The molecule has 0 aliphatic carbocycles. The van der Waals surface area contributed by atoms with E-state index in [4.69, 9.17) is 9.79 Å². The van der Waals surface area contributed by atoms with E-state index in [0.29, 0.717) is 5.56 Å². The molecule has 6 heteroatoms. The van der Waals surface area contributed by atoms with Gasteiger partial charge in [-0.3, -0.25) is 9.79 Å². The highest BCUT2D eigenvalue weighted by molar-refractivity contribution is 7.46. The Bertz CT molecular complexity index is 399. The third kappa shape index (κ3) is 3.55. The first kappa shape index (κ1) is 12.0. The third-order valence-corrected chi connectivity index (χ3v) is 2.33. The van der Waals surface area contributed by atoms with Crippen LogP contribution in [0.25, 0.3) is 0 Å². The molecule has 5 nitrogen and oxygen atoms in total. The van der Waals surface area contributed by atoms with Gasteiger partial charge in [0.2, 0.25) is 0 Å². The van der Waals surface area contributed by atoms with Crippen LogP contribution in [0.5, 0.6) is 5.75 Å². The van der Waals surface area contributed by atoms with Gasteiger partial charge in [0, 0.05) is 19.8 Å². The molecule has 0 aromatic heterocycles. The average molecular weight is 231 g/mol. The van der Waals surface area contributed by atoms with Crippen molar-refractivity contribution in [3.63, 3.8) is 0 Å². The van der Waals surface area contributed by atoms with Gasteiger partial charge in [-0.05, 0) is 30.7 Å². The number of hydrogen-bond acceptors (Lipinski definition) is 3. The number of phosphoric ester groups is 1. The molecule has 1 aromatic rings. The number of nitrogens with zero attached hydrogens (tertiary/aromatic N) is 1. The van der Waals surface area contributed by atoms with Gasteiger partial charge in [0.1, 0.15) is 5.75 Å². The van der Waals surface area contributed by atoms with Crippen molar-refractivity contribution >= 4 is 13.5 Å². The van der Waals surface area contributed by atoms with Crippen LogP contribution in [-0.2, 0) is 4.57 Å². The molecule has 0 spiro atoms. The number of hydrogen-bond donors (Lipinski definition) is 2. The zero-order valence-electron chi connectivity index (χ0n) is 8.84. The van der Waals surface area contributed by atoms with Crippen molar-refractivity contribution in [2.45, 2.75) is 6.92 Å². The quantitative estimate of drug-likeness (QED) is 0.772. The number of phosphoric acid groups is 1. The highest BCUT2D eigenvalue weighted by Crippen LogP contribution is 2.39. The smallest absolute Gasteiger partial charge is 0.404 e. The summed E-state index contributed by atoms with van der Waals surface area (Å²) in [7, 11) is -0.693. The molecule has 0 aliphatic rings. The molecule has 84 valence electrons. The van der Waals surface area contributed by atoms with Crippen molar-refractivity contribution in [3.8, 4) is 5.75 Å². The maximum absolute atomic E-state index is 10.6. The molecule has 0 fully saturated rings. The first-order chi connectivity index (χ1) is 6.79. The van der Waals surface area contributed by atoms with Gasteiger partial charge in [0.15, 0.2) is 0 Å². The fraction of sp³-hybridized carbons (Fsp3) is 0.333. The van der Waals surface area contributed by atoms with Crippen LogP contribution >= 0.6 is 7.82 Å². The van der Waals surface area contributed by atoms with Gasteiger partial charge in [0.05, 0.1) is 0 Å². The van der Waals surface area contributed by atoms with Gasteiger partial charge in [-0.25, -0.2) is 4.57 Å². The van der Waals surface area contributed by atoms with Crippen LogP contribution in [0.1, 0.15) is 5.56 Å². The lowest BCUT2D eigenvalue weighted by molar-refractivity contribution is 0.282. The largest absolute Gasteiger partial charge is 0.524 e. The van der Waals surface area contributed by atoms with E-state index in [-0.39, 0.29) is 5.75 Å². The topological polar surface area (TPSA) is 70.0 Å². The summed E-state index contributed by atoms with van der Waals surface area (Å²) in [4.78, 5) is 19.2. The predicted octanol–water partition coefficient (Wildman–Crippen LogP) is 1.53. The number of rotatable bonds is 3. The summed E-state index contributed by atoms with van der Waals surface area (Å²) in [5.41, 5.74) is 1.63. The van der Waals surface area contributed by atoms with E-state index in [1.165, 1.54) is 0 Å². The monoisotopic (exact) mass is 231 g/mol. The molecule has 0 bridgehead atoms. The summed E-state index contributed by atoms with van der Waals surface area (Å²) in [6.07, 6.45) is 0. The fourth-order valence-corrected chi connectivity index (χ4v) is 1.60. The lowest BCUT2D eigenvalue weighted by atomic mass is 10.2. The molecule has 0 radical (unpaired) electrons. The Morgan fingerprint density at radius 1 is 1.33 bits per heavy atom. The summed E-state index contributed by atoms with van der Waals surface area (Å²) in [5.74, 6) is 0.203. The summed E-state index contributed by atoms with van der Waals surface area (Å²) >= 11 is 0. The molecule has 1 rings (SSSR count). The third-order valence-electron chi connectivity index (χ3n) is 1.89. The second kappa shape index (κ2) is 4.23. The molecule has 0 unspecified atom stereocenters. The van der Waals surface area contributed by atoms with Gasteiger partial charge in [-0.2, -0.15) is 0 Å². The van der Waals surface area contributed by atoms with E-state index in [1.54, 1.807) is 25.1 Å². The van der Waals surface area contributed by atoms with Gasteiger partial charge in [-0.15, -0.1) is 0 Å². The van der Waals surface area contributed by atoms with Crippen molar-refractivity contribution in [2.75, 3.05) is 19.0 Å². The zero-order valence-corrected chi connectivity index (χ0v) is 9.73. The van der Waals surface area contributed by atoms with E-state index in [1.807, 2.05) is 19.0 Å². The number of anilines is 1. The highest BCUT2D eigenvalue weighted by atomic mass is 31.2. The lowest BCUT2D eigenvalue weighted by Gasteiger charge is -2.15. The normalized spacial score (nSPS) is 11.3. The maximum Gasteiger partial charge on any atom is 0.524 e. The van der Waals surface area contributed by atoms with E-state index in [9.17, 15) is 4.57 Å². The second-order valence-electron chi connectivity index (χ2n) is 3.43. The summed E-state index contributed by atoms with van der Waals surface area (Å²) in [6, 6.07) is 5.08. The van der Waals surface area contributed by atoms with Crippen molar-refractivity contribution < 1.29 is 18.9 Å². The Balaban J connectivity index is 2.99. The Morgan fingerprint density at radius 2 is 1.93 bits per heavy atom. The minimum absolute atomic E-state index is 0.203. The van der Waals surface area contributed by atoms with E-state index >= 15 is 0 Å². The maximum atomic E-state index is 10.6. The Morgan fingerprint density at radius 3 is 2.33 bits per heavy atom. The molecule has 0 saturated carbocycles. The SMILES string of the molecule is Cc1cc(N(C)C)ccc1OP(=O)(O)O. The van der Waals surface area contributed by atoms with E-state index < -0.39 is 7.82 Å². The zero-order chi connectivity index (χ0) is 11.6. The van der Waals surface area contributed by atoms with Gasteiger partial charge < -0.3 is 9.42 Å². The molecular formula is C9H14NO4P. The summed E-state index contributed by atoms with van der Waals surface area (Å²) in [5, 5.41) is 0. The molecule has 0 heterocycles. The van der Waals surface area contributed by atoms with Gasteiger partial charge >= 0.3 is 7.82 Å². The van der Waals surface area contributed by atoms with E-state index in [0.717, 1.165) is 5.69 Å². The molecule has 0 atom stereocenters. The first-order valence-corrected chi connectivity index (χ1v) is 5.86. The van der Waals surface area contributed by atoms with Crippen LogP contribution in [0.4, 0.5) is 5.69 Å². The Labute approximate surface area is 88.5 Å². The van der Waals surface area contributed by atoms with Crippen molar-refractivity contribution in [3.05, 3.63) is 23.8 Å². The molecule has 0 saturated heterocycles. The van der Waals surface area contributed by atoms with Crippen LogP contribution in [-0.4, -0.2) is 23.9 Å². The van der Waals surface area contributed by atoms with Crippen molar-refractivity contribution in [2.24, 2.45) is 0 Å². The Kier molecular flexibility index (Phi) is 3.39. The lowest BCUT2D eigenvalue weighted by Crippen LogP contribution is -2.08. The van der Waals surface area contributed by atoms with Crippen LogP contribution in [0.2, 0.25) is 0 Å². The van der Waals surface area contributed by atoms with Crippen molar-refractivity contribution in [1.82, 2.24) is 0 Å². The number of benzene rings is 1. The molecular weight excluding hydrogens is 217 g/mol. The summed E-state index contributed by atoms with van der Waals surface area (Å²) < 4.78 is 15.1. The predicted molar refractivity (Wildman–Crippen MR) is 58.2 cm³/mol. The molecule has 1 aromatic carbocycles. The highest BCUT2D eigenvalue weighted by Gasteiger charge is 2.17. The first-order valence-electron chi connectivity index (χ1n) is 4.33. The molecule has 2 N–H and O–H groups in total. The van der Waals surface area contributed by atoms with E-state index in [2.05, 4.69) is 4.52 Å². The van der Waals surface area contributed by atoms with Crippen LogP contribution < -0.4 is 9.42 Å². The summed E-state index contributed by atoms with van der Waals surface area (Å²) in [6.45, 7) is 1.73. The fourth-order valence-electron chi connectivity index (χ4n) is 1.14. The Hall–Kier alpha value is -1.03. The minimum Gasteiger partial charge on any atom is -0.404 e. The molecule has 0 aliphatic heterocycles. The second-order valence-corrected chi connectivity index (χ2v) is 4.59. The van der Waals surface area contributed by atoms with Gasteiger partial charge in [0.25, 0.3) is 0 Å². The molecule has 15 heavy (non-hydrogen) atoms. The standard InChI is InChI=1S/C9H14NO4P/c1-7-6-8(10(2)3)4-5-9(7)14-15(11,12)13/h4-6H,1-3H3,(H2,11,12,13). The van der Waals surface area contributed by atoms with Crippen LogP contribution in [0.3, 0.4) is 0 Å². The van der Waals surface area contributed by atoms with Crippen LogP contribution in [0.15, 0.2) is 18.2 Å².